The minimum atomic E-state index is -0.337. The third kappa shape index (κ3) is 2.76. The first-order valence-electron chi connectivity index (χ1n) is 9.92. The summed E-state index contributed by atoms with van der Waals surface area (Å²) in [6.07, 6.45) is 3.68. The van der Waals surface area contributed by atoms with Gasteiger partial charge in [-0.2, -0.15) is 0 Å². The van der Waals surface area contributed by atoms with Gasteiger partial charge in [0.25, 0.3) is 11.8 Å². The summed E-state index contributed by atoms with van der Waals surface area (Å²) in [6.45, 7) is 2.05. The number of anilines is 1. The second-order valence-electron chi connectivity index (χ2n) is 7.43. The Bertz CT molecular complexity index is 1170. The number of hydrogen-bond acceptors (Lipinski definition) is 4. The third-order valence-corrected chi connectivity index (χ3v) is 5.72. The van der Waals surface area contributed by atoms with E-state index in [2.05, 4.69) is 16.0 Å². The number of aryl methyl sites for hydroxylation is 1. The summed E-state index contributed by atoms with van der Waals surface area (Å²) in [5, 5.41) is 3.48. The lowest BCUT2D eigenvalue weighted by atomic mass is 10.0. The number of rotatable bonds is 5. The standard InChI is InChI=1S/C23H22N4O2/c24-11-5-12-26-14-17(16-7-2-4-9-19(16)26)20-21(23(29)25-22(20)28)27-13-10-15-6-1-3-8-18(15)27/h1-4,6-9,14H,5,10-13,24H2,(H,25,28,29). The summed E-state index contributed by atoms with van der Waals surface area (Å²) in [7, 11) is 0. The van der Waals surface area contributed by atoms with E-state index in [9.17, 15) is 9.59 Å². The molecule has 0 radical (unpaired) electrons. The number of para-hydroxylation sites is 2. The number of carbonyl (C=O) groups is 2. The Hall–Kier alpha value is -3.38. The Balaban J connectivity index is 1.71. The van der Waals surface area contributed by atoms with Gasteiger partial charge in [-0.1, -0.05) is 36.4 Å². The van der Waals surface area contributed by atoms with Crippen LogP contribution in [0, 0.1) is 0 Å². The van der Waals surface area contributed by atoms with Crippen molar-refractivity contribution in [2.24, 2.45) is 5.73 Å². The van der Waals surface area contributed by atoms with E-state index in [1.165, 1.54) is 5.56 Å². The topological polar surface area (TPSA) is 80.4 Å². The van der Waals surface area contributed by atoms with Gasteiger partial charge >= 0.3 is 0 Å². The zero-order chi connectivity index (χ0) is 20.0. The van der Waals surface area contributed by atoms with Gasteiger partial charge < -0.3 is 15.2 Å². The predicted molar refractivity (Wildman–Crippen MR) is 113 cm³/mol. The number of nitrogens with zero attached hydrogens (tertiary/aromatic N) is 2. The molecule has 0 atom stereocenters. The highest BCUT2D eigenvalue weighted by Crippen LogP contribution is 2.38. The highest BCUT2D eigenvalue weighted by atomic mass is 16.2. The maximum atomic E-state index is 12.9. The Kier molecular flexibility index (Phi) is 4.21. The van der Waals surface area contributed by atoms with Gasteiger partial charge in [0.1, 0.15) is 5.70 Å². The van der Waals surface area contributed by atoms with Gasteiger partial charge in [0.15, 0.2) is 0 Å². The summed E-state index contributed by atoms with van der Waals surface area (Å²) < 4.78 is 2.12. The van der Waals surface area contributed by atoms with Gasteiger partial charge in [0, 0.05) is 41.4 Å². The molecule has 3 N–H and O–H groups in total. The van der Waals surface area contributed by atoms with Crippen molar-refractivity contribution in [3.63, 3.8) is 0 Å². The molecule has 0 fully saturated rings. The van der Waals surface area contributed by atoms with Gasteiger partial charge in [-0.05, 0) is 37.1 Å². The highest BCUT2D eigenvalue weighted by molar-refractivity contribution is 6.38. The molecule has 2 aliphatic rings. The quantitative estimate of drug-likeness (QED) is 0.660. The number of nitrogens with two attached hydrogens (primary N) is 1. The number of benzene rings is 2. The second kappa shape index (κ2) is 6.90. The van der Waals surface area contributed by atoms with Crippen LogP contribution in [-0.2, 0) is 22.6 Å². The molecule has 5 rings (SSSR count). The number of fused-ring (bicyclic) bond motifs is 2. The van der Waals surface area contributed by atoms with Crippen molar-refractivity contribution in [3.05, 3.63) is 71.6 Å². The first kappa shape index (κ1) is 17.7. The molecule has 0 bridgehead atoms. The fourth-order valence-corrected chi connectivity index (χ4v) is 4.42. The Morgan fingerprint density at radius 2 is 1.79 bits per heavy atom. The molecule has 0 aliphatic carbocycles. The van der Waals surface area contributed by atoms with Crippen molar-refractivity contribution in [2.45, 2.75) is 19.4 Å². The highest BCUT2D eigenvalue weighted by Gasteiger charge is 2.38. The Labute approximate surface area is 168 Å². The largest absolute Gasteiger partial charge is 0.347 e. The van der Waals surface area contributed by atoms with Crippen molar-refractivity contribution in [1.29, 1.82) is 0 Å². The van der Waals surface area contributed by atoms with Crippen molar-refractivity contribution < 1.29 is 9.59 Å². The fourth-order valence-electron chi connectivity index (χ4n) is 4.42. The molecule has 2 amide bonds. The normalized spacial score (nSPS) is 16.1. The van der Waals surface area contributed by atoms with E-state index in [0.717, 1.165) is 41.5 Å². The average molecular weight is 386 g/mol. The van der Waals surface area contributed by atoms with Gasteiger partial charge in [-0.3, -0.25) is 14.9 Å². The van der Waals surface area contributed by atoms with Crippen LogP contribution in [0.4, 0.5) is 5.69 Å². The minimum absolute atomic E-state index is 0.333. The van der Waals surface area contributed by atoms with Crippen molar-refractivity contribution in [2.75, 3.05) is 18.0 Å². The summed E-state index contributed by atoms with van der Waals surface area (Å²) in [5.41, 5.74) is 10.6. The molecule has 146 valence electrons. The first-order valence-corrected chi connectivity index (χ1v) is 9.92. The first-order chi connectivity index (χ1) is 14.2. The van der Waals surface area contributed by atoms with E-state index in [4.69, 9.17) is 5.73 Å². The second-order valence-corrected chi connectivity index (χ2v) is 7.43. The van der Waals surface area contributed by atoms with Crippen LogP contribution in [0.25, 0.3) is 16.5 Å². The monoisotopic (exact) mass is 386 g/mol. The Morgan fingerprint density at radius 1 is 1.00 bits per heavy atom. The van der Waals surface area contributed by atoms with Crippen LogP contribution in [0.3, 0.4) is 0 Å². The zero-order valence-electron chi connectivity index (χ0n) is 16.0. The summed E-state index contributed by atoms with van der Waals surface area (Å²) in [4.78, 5) is 27.7. The van der Waals surface area contributed by atoms with Gasteiger partial charge in [0.05, 0.1) is 5.57 Å². The fraction of sp³-hybridized carbons (Fsp3) is 0.217. The van der Waals surface area contributed by atoms with Crippen LogP contribution >= 0.6 is 0 Å². The summed E-state index contributed by atoms with van der Waals surface area (Å²) in [5.74, 6) is -0.670. The van der Waals surface area contributed by atoms with Crippen LogP contribution in [0.15, 0.2) is 60.4 Å². The summed E-state index contributed by atoms with van der Waals surface area (Å²) >= 11 is 0. The number of aromatic nitrogens is 1. The molecule has 3 heterocycles. The molecule has 29 heavy (non-hydrogen) atoms. The lowest BCUT2D eigenvalue weighted by Crippen LogP contribution is -2.29. The van der Waals surface area contributed by atoms with E-state index in [-0.39, 0.29) is 11.8 Å². The van der Waals surface area contributed by atoms with Gasteiger partial charge in [0.2, 0.25) is 0 Å². The third-order valence-electron chi connectivity index (χ3n) is 5.72. The molecular formula is C23H22N4O2. The smallest absolute Gasteiger partial charge is 0.275 e. The van der Waals surface area contributed by atoms with Crippen LogP contribution in [0.1, 0.15) is 17.5 Å². The van der Waals surface area contributed by atoms with E-state index >= 15 is 0 Å². The van der Waals surface area contributed by atoms with Gasteiger partial charge in [-0.15, -0.1) is 0 Å². The maximum Gasteiger partial charge on any atom is 0.275 e. The molecule has 0 unspecified atom stereocenters. The molecule has 2 aliphatic heterocycles. The van der Waals surface area contributed by atoms with Crippen molar-refractivity contribution in [3.8, 4) is 0 Å². The Morgan fingerprint density at radius 3 is 2.66 bits per heavy atom. The van der Waals surface area contributed by atoms with Crippen LogP contribution in [0.5, 0.6) is 0 Å². The SMILES string of the molecule is NCCCn1cc(C2=C(N3CCc4ccccc43)C(=O)NC2=O)c2ccccc21. The number of nitrogens with one attached hydrogen (secondary N) is 1. The molecule has 6 nitrogen and oxygen atoms in total. The molecule has 6 heteroatoms. The molecule has 2 aromatic carbocycles. The van der Waals surface area contributed by atoms with Crippen molar-refractivity contribution in [1.82, 2.24) is 9.88 Å². The molecule has 0 saturated carbocycles. The van der Waals surface area contributed by atoms with Gasteiger partial charge in [-0.25, -0.2) is 0 Å². The van der Waals surface area contributed by atoms with Crippen molar-refractivity contribution >= 4 is 34.0 Å². The molecule has 3 aromatic rings. The van der Waals surface area contributed by atoms with Crippen LogP contribution < -0.4 is 16.0 Å². The van der Waals surface area contributed by atoms with E-state index in [1.54, 1.807) is 0 Å². The van der Waals surface area contributed by atoms with E-state index in [0.29, 0.717) is 24.4 Å². The minimum Gasteiger partial charge on any atom is -0.347 e. The number of hydrogen-bond donors (Lipinski definition) is 2. The number of imide groups is 1. The molecule has 0 saturated heterocycles. The maximum absolute atomic E-state index is 12.9. The van der Waals surface area contributed by atoms with Crippen LogP contribution in [0.2, 0.25) is 0 Å². The lowest BCUT2D eigenvalue weighted by molar-refractivity contribution is -0.123. The number of amides is 2. The van der Waals surface area contributed by atoms with Crippen LogP contribution in [-0.4, -0.2) is 29.5 Å². The molecular weight excluding hydrogens is 364 g/mol. The lowest BCUT2D eigenvalue weighted by Gasteiger charge is -2.20. The van der Waals surface area contributed by atoms with E-state index < -0.39 is 0 Å². The molecule has 0 spiro atoms. The number of carbonyl (C=O) groups excluding carboxylic acids is 2. The molecule has 1 aromatic heterocycles. The zero-order valence-corrected chi connectivity index (χ0v) is 16.0. The van der Waals surface area contributed by atoms with E-state index in [1.807, 2.05) is 53.6 Å². The average Bonchev–Trinajstić information content (AvgIpc) is 3.39. The summed E-state index contributed by atoms with van der Waals surface area (Å²) in [6, 6.07) is 16.0. The predicted octanol–water partition coefficient (Wildman–Crippen LogP) is 2.42.